The number of aromatic amines is 1. The van der Waals surface area contributed by atoms with Crippen molar-refractivity contribution in [3.05, 3.63) is 106 Å². The van der Waals surface area contributed by atoms with Gasteiger partial charge in [0.2, 0.25) is 0 Å². The van der Waals surface area contributed by atoms with E-state index in [0.717, 1.165) is 66.0 Å². The third kappa shape index (κ3) is 5.78. The number of fused-ring (bicyclic) bond motifs is 1. The van der Waals surface area contributed by atoms with Crippen molar-refractivity contribution >= 4 is 51.4 Å². The molecule has 3 heterocycles. The van der Waals surface area contributed by atoms with Gasteiger partial charge in [-0.15, -0.1) is 11.3 Å². The zero-order chi connectivity index (χ0) is 27.5. The fourth-order valence-electron chi connectivity index (χ4n) is 4.98. The maximum absolute atomic E-state index is 12.3. The van der Waals surface area contributed by atoms with Gasteiger partial charge < -0.3 is 25.2 Å². The van der Waals surface area contributed by atoms with Gasteiger partial charge in [-0.25, -0.2) is 0 Å². The molecule has 1 saturated heterocycles. The third-order valence-electron chi connectivity index (χ3n) is 7.31. The number of aliphatic imine (C=N–C) groups is 1. The minimum absolute atomic E-state index is 0.0966. The van der Waals surface area contributed by atoms with Crippen LogP contribution in [0.3, 0.4) is 0 Å². The lowest BCUT2D eigenvalue weighted by Crippen LogP contribution is -2.44. The van der Waals surface area contributed by atoms with Crippen molar-refractivity contribution in [1.82, 2.24) is 9.88 Å². The number of hydrogen-bond acceptors (Lipinski definition) is 6. The van der Waals surface area contributed by atoms with E-state index in [-0.39, 0.29) is 11.8 Å². The number of amides is 1. The molecule has 0 radical (unpaired) electrons. The summed E-state index contributed by atoms with van der Waals surface area (Å²) in [6.45, 7) is 4.20. The second kappa shape index (κ2) is 11.4. The monoisotopic (exact) mass is 549 g/mol. The zero-order valence-corrected chi connectivity index (χ0v) is 23.1. The van der Waals surface area contributed by atoms with Gasteiger partial charge in [-0.05, 0) is 84.6 Å². The number of thiophene rings is 1. The van der Waals surface area contributed by atoms with Gasteiger partial charge >= 0.3 is 0 Å². The van der Waals surface area contributed by atoms with Crippen LogP contribution in [0.1, 0.15) is 26.4 Å². The lowest BCUT2D eigenvalue weighted by atomic mass is 10.0. The molecule has 40 heavy (non-hydrogen) atoms. The summed E-state index contributed by atoms with van der Waals surface area (Å²) in [6, 6.07) is 26.0. The first-order valence-electron chi connectivity index (χ1n) is 13.4. The Bertz CT molecular complexity index is 1630. The predicted molar refractivity (Wildman–Crippen MR) is 165 cm³/mol. The Morgan fingerprint density at radius 1 is 1.00 bits per heavy atom. The molecular weight excluding hydrogens is 518 g/mol. The topological polar surface area (TPSA) is 84.0 Å². The molecule has 5 aromatic rings. The minimum Gasteiger partial charge on any atom is -0.494 e. The lowest BCUT2D eigenvalue weighted by molar-refractivity contribution is 0.103. The van der Waals surface area contributed by atoms with Crippen LogP contribution in [0.25, 0.3) is 10.9 Å². The van der Waals surface area contributed by atoms with E-state index in [4.69, 9.17) is 0 Å². The fraction of sp³-hybridized carbons (Fsp3) is 0.188. The van der Waals surface area contributed by atoms with Crippen LogP contribution in [0.5, 0.6) is 5.88 Å². The lowest BCUT2D eigenvalue weighted by Gasteiger charge is -2.34. The summed E-state index contributed by atoms with van der Waals surface area (Å²) in [6.07, 6.45) is 2.46. The number of carbonyl (C=O) groups excluding carboxylic acids is 1. The molecule has 0 atom stereocenters. The summed E-state index contributed by atoms with van der Waals surface area (Å²) in [7, 11) is 2.16. The predicted octanol–water partition coefficient (Wildman–Crippen LogP) is 6.28. The molecule has 1 aliphatic rings. The van der Waals surface area contributed by atoms with E-state index in [1.54, 1.807) is 6.21 Å². The number of benzene rings is 3. The van der Waals surface area contributed by atoms with E-state index < -0.39 is 0 Å². The molecule has 3 aromatic carbocycles. The molecule has 7 nitrogen and oxygen atoms in total. The maximum Gasteiger partial charge on any atom is 0.265 e. The van der Waals surface area contributed by atoms with Crippen molar-refractivity contribution in [2.75, 3.05) is 43.4 Å². The first kappa shape index (κ1) is 25.9. The Morgan fingerprint density at radius 2 is 1.75 bits per heavy atom. The summed E-state index contributed by atoms with van der Waals surface area (Å²) in [4.78, 5) is 25.5. The molecule has 1 fully saturated rings. The van der Waals surface area contributed by atoms with Crippen LogP contribution < -0.4 is 10.2 Å². The number of piperazine rings is 1. The van der Waals surface area contributed by atoms with Gasteiger partial charge in [0.25, 0.3) is 5.91 Å². The van der Waals surface area contributed by atoms with Crippen molar-refractivity contribution in [1.29, 1.82) is 0 Å². The number of rotatable bonds is 7. The number of H-pyrrole nitrogens is 1. The molecule has 8 heteroatoms. The van der Waals surface area contributed by atoms with Gasteiger partial charge in [0, 0.05) is 54.7 Å². The van der Waals surface area contributed by atoms with Gasteiger partial charge in [-0.1, -0.05) is 24.3 Å². The van der Waals surface area contributed by atoms with Crippen molar-refractivity contribution in [3.8, 4) is 5.88 Å². The standard InChI is InChI=1S/C32H31N5O2S/c1-36-14-16-37(17-15-36)26-11-9-24(10-12-26)33-21-28-27-20-23(6-13-29(27)35-31(28)38)19-22-4-7-25(8-5-22)34-32(39)30-3-2-18-40-30/h2-13,18,20-21,35,38H,14-17,19H2,1H3,(H,34,39). The first-order chi connectivity index (χ1) is 19.5. The van der Waals surface area contributed by atoms with Crippen LogP contribution in [-0.4, -0.2) is 60.3 Å². The number of nitrogens with one attached hydrogen (secondary N) is 2. The minimum atomic E-state index is -0.0966. The maximum atomic E-state index is 12.3. The van der Waals surface area contributed by atoms with E-state index >= 15 is 0 Å². The Morgan fingerprint density at radius 3 is 2.48 bits per heavy atom. The van der Waals surface area contributed by atoms with Crippen molar-refractivity contribution in [2.24, 2.45) is 4.99 Å². The number of nitrogens with zero attached hydrogens (tertiary/aromatic N) is 3. The SMILES string of the molecule is CN1CCN(c2ccc(N=Cc3c(O)[nH]c4ccc(Cc5ccc(NC(=O)c6cccs6)cc5)cc34)cc2)CC1. The molecule has 0 unspecified atom stereocenters. The smallest absolute Gasteiger partial charge is 0.265 e. The molecule has 0 bridgehead atoms. The third-order valence-corrected chi connectivity index (χ3v) is 8.18. The summed E-state index contributed by atoms with van der Waals surface area (Å²) in [5, 5.41) is 16.4. The summed E-state index contributed by atoms with van der Waals surface area (Å²) >= 11 is 1.42. The van der Waals surface area contributed by atoms with Crippen LogP contribution in [0.15, 0.2) is 89.2 Å². The molecule has 2 aromatic heterocycles. The second-order valence-corrected chi connectivity index (χ2v) is 11.1. The van der Waals surface area contributed by atoms with Crippen LogP contribution in [0.2, 0.25) is 0 Å². The van der Waals surface area contributed by atoms with Gasteiger partial charge in [-0.3, -0.25) is 9.79 Å². The van der Waals surface area contributed by atoms with Crippen molar-refractivity contribution in [2.45, 2.75) is 6.42 Å². The zero-order valence-electron chi connectivity index (χ0n) is 22.3. The number of aromatic hydroxyl groups is 1. The highest BCUT2D eigenvalue weighted by Crippen LogP contribution is 2.29. The highest BCUT2D eigenvalue weighted by molar-refractivity contribution is 7.12. The van der Waals surface area contributed by atoms with Gasteiger partial charge in [-0.2, -0.15) is 0 Å². The number of anilines is 2. The Hall–Kier alpha value is -4.40. The van der Waals surface area contributed by atoms with Crippen LogP contribution in [0.4, 0.5) is 17.1 Å². The van der Waals surface area contributed by atoms with Crippen molar-refractivity contribution < 1.29 is 9.90 Å². The normalized spacial score (nSPS) is 14.3. The number of aromatic nitrogens is 1. The highest BCUT2D eigenvalue weighted by atomic mass is 32.1. The van der Waals surface area contributed by atoms with E-state index in [2.05, 4.69) is 56.4 Å². The van der Waals surface area contributed by atoms with Crippen LogP contribution in [0, 0.1) is 0 Å². The Kier molecular flexibility index (Phi) is 7.35. The molecule has 0 saturated carbocycles. The van der Waals surface area contributed by atoms with Crippen LogP contribution in [-0.2, 0) is 6.42 Å². The number of likely N-dealkylation sites (N-methyl/N-ethyl adjacent to an activating group) is 1. The second-order valence-electron chi connectivity index (χ2n) is 10.1. The highest BCUT2D eigenvalue weighted by Gasteiger charge is 2.14. The summed E-state index contributed by atoms with van der Waals surface area (Å²) < 4.78 is 0. The molecule has 3 N–H and O–H groups in total. The van der Waals surface area contributed by atoms with E-state index in [9.17, 15) is 9.90 Å². The molecule has 1 amide bonds. The molecular formula is C32H31N5O2S. The van der Waals surface area contributed by atoms with Gasteiger partial charge in [0.15, 0.2) is 5.88 Å². The van der Waals surface area contributed by atoms with Crippen LogP contribution >= 0.6 is 11.3 Å². The number of hydrogen-bond donors (Lipinski definition) is 3. The van der Waals surface area contributed by atoms with E-state index in [1.165, 1.54) is 17.0 Å². The average Bonchev–Trinajstić information content (AvgIpc) is 3.62. The van der Waals surface area contributed by atoms with Crippen molar-refractivity contribution in [3.63, 3.8) is 0 Å². The van der Waals surface area contributed by atoms with E-state index in [1.807, 2.05) is 60.0 Å². The van der Waals surface area contributed by atoms with E-state index in [0.29, 0.717) is 10.4 Å². The number of carbonyl (C=O) groups is 1. The fourth-order valence-corrected chi connectivity index (χ4v) is 5.60. The average molecular weight is 550 g/mol. The van der Waals surface area contributed by atoms with Gasteiger partial charge in [0.05, 0.1) is 16.1 Å². The first-order valence-corrected chi connectivity index (χ1v) is 14.2. The molecule has 202 valence electrons. The quantitative estimate of drug-likeness (QED) is 0.209. The Balaban J connectivity index is 1.14. The molecule has 0 spiro atoms. The molecule has 1 aliphatic heterocycles. The Labute approximate surface area is 237 Å². The van der Waals surface area contributed by atoms with Gasteiger partial charge in [0.1, 0.15) is 0 Å². The summed E-state index contributed by atoms with van der Waals surface area (Å²) in [5.41, 5.74) is 6.60. The largest absolute Gasteiger partial charge is 0.494 e. The summed E-state index contributed by atoms with van der Waals surface area (Å²) in [5.74, 6) is 0.0106. The molecule has 6 rings (SSSR count). The molecule has 0 aliphatic carbocycles.